The van der Waals surface area contributed by atoms with Gasteiger partial charge in [-0.2, -0.15) is 0 Å². The van der Waals surface area contributed by atoms with Crippen molar-refractivity contribution in [2.24, 2.45) is 0 Å². The molecule has 0 aliphatic carbocycles. The maximum atomic E-state index is 4.57. The average molecular weight is 366 g/mol. The lowest BCUT2D eigenvalue weighted by atomic mass is 10.2. The number of aromatic nitrogens is 5. The van der Waals surface area contributed by atoms with Gasteiger partial charge in [0.2, 0.25) is 5.16 Å². The summed E-state index contributed by atoms with van der Waals surface area (Å²) >= 11 is 1.57. The predicted molar refractivity (Wildman–Crippen MR) is 101 cm³/mol. The van der Waals surface area contributed by atoms with Crippen LogP contribution in [0, 0.1) is 6.92 Å². The highest BCUT2D eigenvalue weighted by molar-refractivity contribution is 7.99. The minimum atomic E-state index is 0.806. The SMILES string of the molecule is Cc1nnc2n1Nc1ncnc(N3CCN(c4ccccc4)CC3)c1S2. The molecule has 0 saturated carbocycles. The van der Waals surface area contributed by atoms with Crippen LogP contribution < -0.4 is 15.2 Å². The molecule has 1 N–H and O–H groups in total. The van der Waals surface area contributed by atoms with E-state index >= 15 is 0 Å². The van der Waals surface area contributed by atoms with Crippen molar-refractivity contribution < 1.29 is 0 Å². The van der Waals surface area contributed by atoms with E-state index in [0.717, 1.165) is 53.7 Å². The minimum Gasteiger partial charge on any atom is -0.368 e. The van der Waals surface area contributed by atoms with Gasteiger partial charge in [0.25, 0.3) is 0 Å². The molecule has 1 fully saturated rings. The van der Waals surface area contributed by atoms with Gasteiger partial charge in [-0.1, -0.05) is 18.2 Å². The largest absolute Gasteiger partial charge is 0.368 e. The van der Waals surface area contributed by atoms with Crippen molar-refractivity contribution >= 4 is 29.1 Å². The maximum Gasteiger partial charge on any atom is 0.215 e. The third-order valence-corrected chi connectivity index (χ3v) is 5.72. The Hall–Kier alpha value is -2.81. The number of para-hydroxylation sites is 1. The molecule has 0 radical (unpaired) electrons. The molecule has 8 nitrogen and oxygen atoms in total. The molecule has 0 unspecified atom stereocenters. The molecule has 9 heteroatoms. The Labute approximate surface area is 155 Å². The Kier molecular flexibility index (Phi) is 3.66. The van der Waals surface area contributed by atoms with Gasteiger partial charge in [-0.3, -0.25) is 5.43 Å². The zero-order chi connectivity index (χ0) is 17.5. The van der Waals surface area contributed by atoms with Crippen LogP contribution in [0.1, 0.15) is 5.82 Å². The Balaban J connectivity index is 1.38. The van der Waals surface area contributed by atoms with Crippen molar-refractivity contribution in [2.45, 2.75) is 17.0 Å². The van der Waals surface area contributed by atoms with Crippen LogP contribution in [0.25, 0.3) is 0 Å². The molecule has 4 heterocycles. The number of nitrogens with zero attached hydrogens (tertiary/aromatic N) is 7. The second-order valence-electron chi connectivity index (χ2n) is 6.26. The first-order valence-corrected chi connectivity index (χ1v) is 9.38. The van der Waals surface area contributed by atoms with Crippen molar-refractivity contribution in [3.05, 3.63) is 42.5 Å². The van der Waals surface area contributed by atoms with E-state index in [0.29, 0.717) is 0 Å². The number of piperazine rings is 1. The second-order valence-corrected chi connectivity index (χ2v) is 7.24. The van der Waals surface area contributed by atoms with Crippen LogP contribution in [0.5, 0.6) is 0 Å². The first-order valence-electron chi connectivity index (χ1n) is 8.56. The molecule has 1 saturated heterocycles. The monoisotopic (exact) mass is 366 g/mol. The summed E-state index contributed by atoms with van der Waals surface area (Å²) in [6.45, 7) is 5.70. The average Bonchev–Trinajstić information content (AvgIpc) is 3.07. The number of anilines is 3. The lowest BCUT2D eigenvalue weighted by molar-refractivity contribution is 0.640. The van der Waals surface area contributed by atoms with Crippen molar-refractivity contribution in [2.75, 3.05) is 41.4 Å². The van der Waals surface area contributed by atoms with E-state index in [-0.39, 0.29) is 0 Å². The van der Waals surface area contributed by atoms with Gasteiger partial charge in [0.05, 0.1) is 0 Å². The molecule has 2 aliphatic rings. The van der Waals surface area contributed by atoms with Crippen LogP contribution in [-0.4, -0.2) is 51.0 Å². The third-order valence-electron chi connectivity index (χ3n) is 4.69. The number of nitrogens with one attached hydrogen (secondary N) is 1. The summed E-state index contributed by atoms with van der Waals surface area (Å²) in [5, 5.41) is 9.17. The molecule has 2 aliphatic heterocycles. The molecule has 26 heavy (non-hydrogen) atoms. The minimum absolute atomic E-state index is 0.806. The summed E-state index contributed by atoms with van der Waals surface area (Å²) in [7, 11) is 0. The zero-order valence-corrected chi connectivity index (χ0v) is 15.1. The summed E-state index contributed by atoms with van der Waals surface area (Å²) < 4.78 is 1.86. The standard InChI is InChI=1S/C17H18N8S/c1-12-20-21-17-25(12)22-15-14(26-17)16(19-11-18-15)24-9-7-23(8-10-24)13-5-3-2-4-6-13/h2-6,11H,7-10H2,1H3,(H,18,19,22). The number of benzene rings is 1. The highest BCUT2D eigenvalue weighted by Gasteiger charge is 2.28. The smallest absolute Gasteiger partial charge is 0.215 e. The van der Waals surface area contributed by atoms with Crippen LogP contribution in [0.4, 0.5) is 17.3 Å². The number of hydrogen-bond donors (Lipinski definition) is 1. The van der Waals surface area contributed by atoms with Gasteiger partial charge in [-0.15, -0.1) is 10.2 Å². The van der Waals surface area contributed by atoms with Crippen molar-refractivity contribution in [1.82, 2.24) is 24.8 Å². The fraction of sp³-hybridized carbons (Fsp3) is 0.294. The van der Waals surface area contributed by atoms with Gasteiger partial charge in [0, 0.05) is 31.9 Å². The molecular formula is C17H18N8S. The maximum absolute atomic E-state index is 4.57. The van der Waals surface area contributed by atoms with Gasteiger partial charge in [0.1, 0.15) is 22.9 Å². The van der Waals surface area contributed by atoms with Gasteiger partial charge >= 0.3 is 0 Å². The fourth-order valence-electron chi connectivity index (χ4n) is 3.31. The zero-order valence-electron chi connectivity index (χ0n) is 14.3. The van der Waals surface area contributed by atoms with Crippen molar-refractivity contribution in [1.29, 1.82) is 0 Å². The molecule has 0 amide bonds. The topological polar surface area (TPSA) is 75.0 Å². The summed E-state index contributed by atoms with van der Waals surface area (Å²) in [6, 6.07) is 10.6. The Bertz CT molecular complexity index is 933. The van der Waals surface area contributed by atoms with E-state index in [1.165, 1.54) is 5.69 Å². The highest BCUT2D eigenvalue weighted by atomic mass is 32.2. The van der Waals surface area contributed by atoms with Crippen LogP contribution in [-0.2, 0) is 0 Å². The second kappa shape index (κ2) is 6.17. The molecule has 132 valence electrons. The van der Waals surface area contributed by atoms with Crippen molar-refractivity contribution in [3.8, 4) is 0 Å². The first kappa shape index (κ1) is 15.4. The summed E-state index contributed by atoms with van der Waals surface area (Å²) in [4.78, 5) is 14.7. The fourth-order valence-corrected chi connectivity index (χ4v) is 4.31. The molecule has 0 spiro atoms. The number of rotatable bonds is 2. The van der Waals surface area contributed by atoms with Crippen molar-refractivity contribution in [3.63, 3.8) is 0 Å². The van der Waals surface area contributed by atoms with Gasteiger partial charge in [-0.25, -0.2) is 14.6 Å². The number of hydrogen-bond acceptors (Lipinski definition) is 8. The predicted octanol–water partition coefficient (Wildman–Crippen LogP) is 2.04. The van der Waals surface area contributed by atoms with Crippen LogP contribution in [0.2, 0.25) is 0 Å². The molecule has 0 bridgehead atoms. The lowest BCUT2D eigenvalue weighted by Crippen LogP contribution is -2.47. The van der Waals surface area contributed by atoms with Crippen LogP contribution >= 0.6 is 11.8 Å². The molecule has 3 aromatic rings. The number of aryl methyl sites for hydroxylation is 1. The quantitative estimate of drug-likeness (QED) is 0.578. The molecule has 0 atom stereocenters. The van der Waals surface area contributed by atoms with Crippen LogP contribution in [0.3, 0.4) is 0 Å². The van der Waals surface area contributed by atoms with Gasteiger partial charge in [-0.05, 0) is 30.8 Å². The highest BCUT2D eigenvalue weighted by Crippen LogP contribution is 2.41. The first-order chi connectivity index (χ1) is 12.8. The van der Waals surface area contributed by atoms with Gasteiger partial charge < -0.3 is 9.80 Å². The number of fused-ring (bicyclic) bond motifs is 2. The van der Waals surface area contributed by atoms with Crippen LogP contribution in [0.15, 0.2) is 46.7 Å². The third kappa shape index (κ3) is 2.55. The Morgan fingerprint density at radius 2 is 1.73 bits per heavy atom. The van der Waals surface area contributed by atoms with E-state index < -0.39 is 0 Å². The normalized spacial score (nSPS) is 16.0. The molecule has 1 aromatic carbocycles. The van der Waals surface area contributed by atoms with E-state index in [9.17, 15) is 0 Å². The molecular weight excluding hydrogens is 348 g/mol. The molecule has 5 rings (SSSR count). The lowest BCUT2D eigenvalue weighted by Gasteiger charge is -2.37. The summed E-state index contributed by atoms with van der Waals surface area (Å²) in [5.41, 5.74) is 4.56. The van der Waals surface area contributed by atoms with E-state index in [1.54, 1.807) is 18.1 Å². The van der Waals surface area contributed by atoms with E-state index in [4.69, 9.17) is 0 Å². The summed E-state index contributed by atoms with van der Waals surface area (Å²) in [6.07, 6.45) is 1.62. The Morgan fingerprint density at radius 3 is 2.54 bits per heavy atom. The van der Waals surface area contributed by atoms with Gasteiger partial charge in [0.15, 0.2) is 5.82 Å². The van der Waals surface area contributed by atoms with E-state index in [2.05, 4.69) is 65.7 Å². The summed E-state index contributed by atoms with van der Waals surface area (Å²) in [5.74, 6) is 2.59. The van der Waals surface area contributed by atoms with E-state index in [1.807, 2.05) is 11.6 Å². The Morgan fingerprint density at radius 1 is 0.962 bits per heavy atom. The molecule has 2 aromatic heterocycles.